The molecule has 0 aliphatic carbocycles. The Balaban J connectivity index is -0.0000000454. The maximum atomic E-state index is 10.7. The molecule has 0 spiro atoms. The van der Waals surface area contributed by atoms with Gasteiger partial charge in [0.2, 0.25) is 0 Å². The highest BCUT2D eigenvalue weighted by atomic mass is 32.2. The van der Waals surface area contributed by atoms with Gasteiger partial charge in [0.15, 0.2) is 0 Å². The van der Waals surface area contributed by atoms with Crippen LogP contribution in [0.1, 0.15) is 0 Å². The molecule has 0 heterocycles. The van der Waals surface area contributed by atoms with E-state index in [0.29, 0.717) is 6.26 Å². The van der Waals surface area contributed by atoms with Crippen LogP contribution < -0.4 is 0 Å². The second-order valence-corrected chi connectivity index (χ2v) is 4.53. The second-order valence-electron chi connectivity index (χ2n) is 1.65. The normalized spacial score (nSPS) is 10.6. The molecule has 0 saturated heterocycles. The van der Waals surface area contributed by atoms with Crippen molar-refractivity contribution in [3.63, 3.8) is 0 Å². The van der Waals surface area contributed by atoms with E-state index in [4.69, 9.17) is 17.5 Å². The molecule has 0 rings (SSSR count). The van der Waals surface area contributed by atoms with Crippen molar-refractivity contribution in [1.82, 2.24) is 0 Å². The van der Waals surface area contributed by atoms with E-state index in [0.717, 1.165) is 0 Å². The van der Waals surface area contributed by atoms with Crippen molar-refractivity contribution >= 4 is 20.2 Å². The van der Waals surface area contributed by atoms with Crippen LogP contribution in [0.25, 0.3) is 0 Å². The Morgan fingerprint density at radius 1 is 0.875 bits per heavy atom. The monoisotopic (exact) mass is 306 g/mol. The number of halogens is 6. The molecule has 0 bridgehead atoms. The quantitative estimate of drug-likeness (QED) is 0.380. The molecule has 0 unspecified atom stereocenters. The van der Waals surface area contributed by atoms with Gasteiger partial charge in [-0.2, -0.15) is 30.0 Å². The molecule has 106 valence electrons. The van der Waals surface area contributed by atoms with Crippen molar-refractivity contribution in [3.8, 4) is 0 Å². The smallest absolute Gasteiger partial charge is 0.286 e. The van der Waals surface area contributed by atoms with Crippen LogP contribution >= 0.6 is 0 Å². The highest BCUT2D eigenvalue weighted by Crippen LogP contribution is 2.20. The van der Waals surface area contributed by atoms with Gasteiger partial charge in [-0.25, -0.2) is 0 Å². The number of alkyl halides is 3. The van der Waals surface area contributed by atoms with Crippen LogP contribution in [0, 0.1) is 0 Å². The lowest BCUT2D eigenvalue weighted by Crippen LogP contribution is -2.21. The second kappa shape index (κ2) is 8.54. The summed E-state index contributed by atoms with van der Waals surface area (Å²) in [5.41, 5.74) is -5.53. The Labute approximate surface area is 86.0 Å². The largest absolute Gasteiger partial charge is 0.522 e. The first-order chi connectivity index (χ1) is 5.25. The fraction of sp³-hybridized carbons (Fsp3) is 1.00. The standard InChI is InChI=1S/CHF3O3S.CH4O3S.3FH/c2-1(3,4)8(5,6)7;1-5(2,3)4;;;/h(H,5,6,7);1H3,(H,2,3,4);3*1H. The first-order valence-corrected chi connectivity index (χ1v) is 5.50. The Bertz CT molecular complexity index is 332. The topological polar surface area (TPSA) is 109 Å². The predicted molar refractivity (Wildman–Crippen MR) is 42.6 cm³/mol. The Hall–Kier alpha value is -0.600. The zero-order chi connectivity index (χ0) is 11.5. The van der Waals surface area contributed by atoms with Gasteiger partial charge in [0.25, 0.3) is 10.1 Å². The summed E-state index contributed by atoms with van der Waals surface area (Å²) in [4.78, 5) is 0. The van der Waals surface area contributed by atoms with E-state index in [2.05, 4.69) is 0 Å². The van der Waals surface area contributed by atoms with Crippen molar-refractivity contribution in [3.05, 3.63) is 0 Å². The van der Waals surface area contributed by atoms with E-state index < -0.39 is 25.7 Å². The Morgan fingerprint density at radius 3 is 0.938 bits per heavy atom. The molecule has 0 radical (unpaired) electrons. The van der Waals surface area contributed by atoms with Gasteiger partial charge in [-0.15, -0.1) is 0 Å². The van der Waals surface area contributed by atoms with Crippen LogP contribution in [0.3, 0.4) is 0 Å². The Morgan fingerprint density at radius 2 is 0.938 bits per heavy atom. The van der Waals surface area contributed by atoms with Gasteiger partial charge in [-0.3, -0.25) is 23.2 Å². The summed E-state index contributed by atoms with van der Waals surface area (Å²) >= 11 is 0. The third kappa shape index (κ3) is 29.2. The van der Waals surface area contributed by atoms with Crippen LogP contribution in [0.2, 0.25) is 0 Å². The minimum Gasteiger partial charge on any atom is -0.286 e. The minimum absolute atomic E-state index is 0. The van der Waals surface area contributed by atoms with Gasteiger partial charge in [-0.1, -0.05) is 0 Å². The summed E-state index contributed by atoms with van der Waals surface area (Å²) < 4.78 is 83.4. The lowest BCUT2D eigenvalue weighted by molar-refractivity contribution is -0.0510. The van der Waals surface area contributed by atoms with Gasteiger partial charge in [0.05, 0.1) is 6.26 Å². The van der Waals surface area contributed by atoms with Gasteiger partial charge in [0.1, 0.15) is 0 Å². The van der Waals surface area contributed by atoms with E-state index in [1.807, 2.05) is 0 Å². The molecule has 0 amide bonds. The molecule has 14 heteroatoms. The molecule has 0 fully saturated rings. The summed E-state index contributed by atoms with van der Waals surface area (Å²) in [5.74, 6) is 0. The zero-order valence-corrected chi connectivity index (χ0v) is 8.84. The summed E-state index contributed by atoms with van der Waals surface area (Å²) in [6.07, 6.45) is 0.715. The first kappa shape index (κ1) is 29.5. The molecule has 0 saturated carbocycles. The van der Waals surface area contributed by atoms with E-state index in [-0.39, 0.29) is 14.1 Å². The van der Waals surface area contributed by atoms with Gasteiger partial charge in [0, 0.05) is 0 Å². The predicted octanol–water partition coefficient (Wildman–Crippen LogP) is 0.356. The molecule has 0 aromatic heterocycles. The maximum absolute atomic E-state index is 10.7. The fourth-order valence-electron chi connectivity index (χ4n) is 0. The van der Waals surface area contributed by atoms with E-state index >= 15 is 0 Å². The number of hydrogen-bond acceptors (Lipinski definition) is 4. The fourth-order valence-corrected chi connectivity index (χ4v) is 0. The molecule has 0 aromatic rings. The highest BCUT2D eigenvalue weighted by molar-refractivity contribution is 7.86. The van der Waals surface area contributed by atoms with Crippen LogP contribution in [0.4, 0.5) is 27.3 Å². The average molecular weight is 306 g/mol. The number of rotatable bonds is 0. The van der Waals surface area contributed by atoms with Crippen LogP contribution in [-0.2, 0) is 20.2 Å². The van der Waals surface area contributed by atoms with Crippen LogP contribution in [0.15, 0.2) is 0 Å². The van der Waals surface area contributed by atoms with Gasteiger partial charge < -0.3 is 0 Å². The molecule has 0 atom stereocenters. The highest BCUT2D eigenvalue weighted by Gasteiger charge is 2.44. The molecule has 0 aliphatic rings. The Kier molecular flexibility index (Phi) is 15.8. The van der Waals surface area contributed by atoms with Crippen LogP contribution in [0.5, 0.6) is 0 Å². The van der Waals surface area contributed by atoms with Crippen molar-refractivity contribution in [2.75, 3.05) is 6.26 Å². The molecule has 2 N–H and O–H groups in total. The maximum Gasteiger partial charge on any atom is 0.522 e. The summed E-state index contributed by atoms with van der Waals surface area (Å²) in [5, 5.41) is 0. The average Bonchev–Trinajstić information content (AvgIpc) is 1.50. The van der Waals surface area contributed by atoms with Crippen molar-refractivity contribution in [2.45, 2.75) is 5.51 Å². The minimum atomic E-state index is -5.84. The molecular formula is C2H8F6O6S2. The van der Waals surface area contributed by atoms with E-state index in [9.17, 15) is 21.6 Å². The van der Waals surface area contributed by atoms with Crippen LogP contribution in [-0.4, -0.2) is 37.7 Å². The third-order valence-corrected chi connectivity index (χ3v) is 0.877. The summed E-state index contributed by atoms with van der Waals surface area (Å²) in [6.45, 7) is 0. The molecular weight excluding hydrogens is 298 g/mol. The molecule has 0 aliphatic heterocycles. The van der Waals surface area contributed by atoms with E-state index in [1.54, 1.807) is 0 Å². The van der Waals surface area contributed by atoms with E-state index in [1.165, 1.54) is 0 Å². The van der Waals surface area contributed by atoms with Crippen molar-refractivity contribution < 1.29 is 53.2 Å². The SMILES string of the molecule is CS(=O)(=O)O.F.F.F.O=S(=O)(O)C(F)(F)F. The summed E-state index contributed by atoms with van der Waals surface area (Å²) in [7, 11) is -9.51. The third-order valence-electron chi connectivity index (χ3n) is 0.292. The summed E-state index contributed by atoms with van der Waals surface area (Å²) in [6, 6.07) is 0. The lowest BCUT2D eigenvalue weighted by atomic mass is 11.6. The number of hydrogen-bond donors (Lipinski definition) is 2. The first-order valence-electron chi connectivity index (χ1n) is 2.21. The van der Waals surface area contributed by atoms with Crippen molar-refractivity contribution in [2.24, 2.45) is 0 Å². The molecule has 16 heavy (non-hydrogen) atoms. The molecule has 6 nitrogen and oxygen atoms in total. The lowest BCUT2D eigenvalue weighted by Gasteiger charge is -1.97. The van der Waals surface area contributed by atoms with Crippen molar-refractivity contribution in [1.29, 1.82) is 0 Å². The van der Waals surface area contributed by atoms with Gasteiger partial charge >= 0.3 is 15.6 Å². The van der Waals surface area contributed by atoms with Gasteiger partial charge in [-0.05, 0) is 0 Å². The molecule has 0 aromatic carbocycles. The zero-order valence-electron chi connectivity index (χ0n) is 7.20.